The molecule has 1 unspecified atom stereocenters. The third-order valence-electron chi connectivity index (χ3n) is 12.6. The van der Waals surface area contributed by atoms with Crippen LogP contribution in [0.15, 0.2) is 0 Å². The molecule has 0 aromatic carbocycles. The maximum atomic E-state index is 12.9. The Morgan fingerprint density at radius 1 is 0.617 bits per heavy atom. The Hall–Kier alpha value is -1.07. The summed E-state index contributed by atoms with van der Waals surface area (Å²) in [5, 5.41) is 14.1. The second-order valence-corrected chi connectivity index (χ2v) is 21.3. The van der Waals surface area contributed by atoms with Crippen LogP contribution >= 0.6 is 7.82 Å². The lowest BCUT2D eigenvalue weighted by Gasteiger charge is -2.61. The minimum atomic E-state index is -4.77. The molecule has 60 heavy (non-hydrogen) atoms. The van der Waals surface area contributed by atoms with Crippen molar-refractivity contribution in [2.75, 3.05) is 40.5 Å². The number of likely N-dealkylation sites (N-methyl/N-ethyl adjacent to an activating group) is 1. The maximum absolute atomic E-state index is 12.9. The SMILES string of the molecule is CCCCCCCCCCCCCCCC(=O)OC[C@H](COP([O])(=O)OCC[N+](C)(C)C1CC(C)(C)N([O-])C(C)(C)C1)OC(=O)CCCCCCCCCCCCCCC. The first kappa shape index (κ1) is 56.9. The van der Waals surface area contributed by atoms with E-state index < -0.39 is 43.6 Å². The lowest BCUT2D eigenvalue weighted by molar-refractivity contribution is -0.918. The molecule has 0 bridgehead atoms. The van der Waals surface area contributed by atoms with Gasteiger partial charge < -0.3 is 24.2 Å². The molecular weight excluding hydrogens is 780 g/mol. The van der Waals surface area contributed by atoms with Crippen molar-refractivity contribution in [2.45, 2.75) is 257 Å². The van der Waals surface area contributed by atoms with Crippen molar-refractivity contribution in [3.8, 4) is 0 Å². The Balaban J connectivity index is 2.53. The molecule has 0 aromatic heterocycles. The average molecular weight is 874 g/mol. The van der Waals surface area contributed by atoms with Crippen LogP contribution in [0.2, 0.25) is 0 Å². The van der Waals surface area contributed by atoms with Gasteiger partial charge in [-0.05, 0) is 40.5 Å². The first-order chi connectivity index (χ1) is 28.5. The van der Waals surface area contributed by atoms with E-state index in [0.29, 0.717) is 30.3 Å². The largest absolute Gasteiger partial charge is 0.784 e. The Labute approximate surface area is 368 Å². The molecule has 1 rings (SSSR count). The van der Waals surface area contributed by atoms with E-state index in [-0.39, 0.29) is 32.1 Å². The monoisotopic (exact) mass is 874 g/mol. The number of hydroxylamine groups is 2. The van der Waals surface area contributed by atoms with Crippen LogP contribution in [0.1, 0.15) is 234 Å². The molecule has 1 radical (unpaired) electrons. The number of rotatable bonds is 39. The zero-order valence-corrected chi connectivity index (χ0v) is 41.1. The summed E-state index contributed by atoms with van der Waals surface area (Å²) in [4.78, 5) is 38.4. The number of hydrogen-bond donors (Lipinski definition) is 0. The van der Waals surface area contributed by atoms with Gasteiger partial charge in [0.2, 0.25) is 0 Å². The smallest absolute Gasteiger partial charge is 0.502 e. The zero-order chi connectivity index (χ0) is 44.8. The van der Waals surface area contributed by atoms with Gasteiger partial charge in [0.15, 0.2) is 6.10 Å². The van der Waals surface area contributed by atoms with E-state index in [1.54, 1.807) is 0 Å². The molecule has 1 saturated heterocycles. The Kier molecular flexibility index (Phi) is 30.9. The molecule has 0 N–H and O–H groups in total. The van der Waals surface area contributed by atoms with Gasteiger partial charge in [0.25, 0.3) is 0 Å². The van der Waals surface area contributed by atoms with Gasteiger partial charge in [0.05, 0.1) is 26.7 Å². The Bertz CT molecular complexity index is 1130. The molecular formula is C48H94N2O9P. The molecule has 1 aliphatic rings. The van der Waals surface area contributed by atoms with Crippen LogP contribution in [0, 0.1) is 5.21 Å². The minimum absolute atomic E-state index is 0.107. The third-order valence-corrected chi connectivity index (χ3v) is 13.6. The number of piperidine rings is 1. The number of hydrogen-bond acceptors (Lipinski definition) is 9. The van der Waals surface area contributed by atoms with Gasteiger partial charge in [0.1, 0.15) is 19.8 Å². The topological polar surface area (TPSA) is 134 Å². The minimum Gasteiger partial charge on any atom is -0.784 e. The predicted molar refractivity (Wildman–Crippen MR) is 245 cm³/mol. The fourth-order valence-corrected chi connectivity index (χ4v) is 9.41. The molecule has 0 aliphatic carbocycles. The number of nitrogens with zero attached hydrogens (tertiary/aromatic N) is 2. The summed E-state index contributed by atoms with van der Waals surface area (Å²) >= 11 is 0. The molecule has 355 valence electrons. The van der Waals surface area contributed by atoms with Crippen LogP contribution in [0.3, 0.4) is 0 Å². The normalized spacial score (nSPS) is 17.4. The van der Waals surface area contributed by atoms with Gasteiger partial charge in [-0.2, -0.15) is 0 Å². The number of unbranched alkanes of at least 4 members (excludes halogenated alkanes) is 24. The van der Waals surface area contributed by atoms with Gasteiger partial charge in [-0.25, -0.2) is 4.57 Å². The summed E-state index contributed by atoms with van der Waals surface area (Å²) in [5.41, 5.74) is -1.09. The molecule has 1 aliphatic heterocycles. The summed E-state index contributed by atoms with van der Waals surface area (Å²) in [6, 6.07) is 0.129. The Morgan fingerprint density at radius 3 is 1.38 bits per heavy atom. The van der Waals surface area contributed by atoms with Crippen LogP contribution in [0.4, 0.5) is 0 Å². The molecule has 1 heterocycles. The molecule has 2 atom stereocenters. The highest BCUT2D eigenvalue weighted by atomic mass is 31.2. The van der Waals surface area contributed by atoms with E-state index in [1.807, 2.05) is 41.8 Å². The molecule has 12 heteroatoms. The molecule has 0 aromatic rings. The van der Waals surface area contributed by atoms with Crippen LogP contribution in [-0.2, 0) is 37.6 Å². The van der Waals surface area contributed by atoms with Gasteiger partial charge in [-0.15, -0.1) is 4.89 Å². The number of ether oxygens (including phenoxy) is 2. The van der Waals surface area contributed by atoms with Gasteiger partial charge in [-0.3, -0.25) is 18.6 Å². The summed E-state index contributed by atoms with van der Waals surface area (Å²) < 4.78 is 35.0. The lowest BCUT2D eigenvalue weighted by atomic mass is 9.77. The van der Waals surface area contributed by atoms with Gasteiger partial charge in [-0.1, -0.05) is 168 Å². The zero-order valence-electron chi connectivity index (χ0n) is 40.2. The van der Waals surface area contributed by atoms with Gasteiger partial charge >= 0.3 is 19.8 Å². The third kappa shape index (κ3) is 27.9. The number of esters is 2. The highest BCUT2D eigenvalue weighted by Crippen LogP contribution is 2.45. The van der Waals surface area contributed by atoms with E-state index in [2.05, 4.69) is 13.8 Å². The fourth-order valence-electron chi connectivity index (χ4n) is 8.68. The number of carbonyl (C=O) groups excluding carboxylic acids is 2. The average Bonchev–Trinajstić information content (AvgIpc) is 3.18. The van der Waals surface area contributed by atoms with Crippen LogP contribution in [0.25, 0.3) is 0 Å². The number of carbonyl (C=O) groups is 2. The van der Waals surface area contributed by atoms with Gasteiger partial charge in [0, 0.05) is 36.8 Å². The van der Waals surface area contributed by atoms with Crippen molar-refractivity contribution in [1.29, 1.82) is 0 Å². The van der Waals surface area contributed by atoms with E-state index in [0.717, 1.165) is 38.5 Å². The quantitative estimate of drug-likeness (QED) is 0.0256. The number of quaternary nitrogens is 1. The van der Waals surface area contributed by atoms with Crippen molar-refractivity contribution in [1.82, 2.24) is 5.06 Å². The first-order valence-corrected chi connectivity index (χ1v) is 26.2. The molecule has 0 amide bonds. The molecule has 0 saturated carbocycles. The summed E-state index contributed by atoms with van der Waals surface area (Å²) in [7, 11) is -0.721. The first-order valence-electron chi connectivity index (χ1n) is 24.7. The standard InChI is InChI=1S/C48H94N2O9P/c1-9-11-13-15-17-19-21-23-25-27-29-31-33-35-45(51)56-41-44(59-46(52)36-34-32-30-28-26-24-22-20-18-16-14-12-10-2)42-58-60(54,55)57-38-37-50(7,8)43-39-47(3,4)49(53)48(5,6)40-43/h43-44H,9-42H2,1-8H3/t44-/m1/s1. The van der Waals surface area contributed by atoms with Crippen LogP contribution in [-0.4, -0.2) is 85.2 Å². The van der Waals surface area contributed by atoms with Crippen molar-refractivity contribution >= 4 is 19.8 Å². The van der Waals surface area contributed by atoms with E-state index >= 15 is 0 Å². The predicted octanol–water partition coefficient (Wildman–Crippen LogP) is 13.6. The van der Waals surface area contributed by atoms with Crippen molar-refractivity contribution in [2.24, 2.45) is 0 Å². The van der Waals surface area contributed by atoms with E-state index in [4.69, 9.17) is 18.5 Å². The maximum Gasteiger partial charge on any atom is 0.502 e. The van der Waals surface area contributed by atoms with Crippen molar-refractivity contribution in [3.05, 3.63) is 5.21 Å². The molecule has 0 spiro atoms. The van der Waals surface area contributed by atoms with Crippen LogP contribution < -0.4 is 0 Å². The second kappa shape index (κ2) is 32.6. The lowest BCUT2D eigenvalue weighted by Crippen LogP contribution is -2.65. The highest BCUT2D eigenvalue weighted by molar-refractivity contribution is 7.47. The van der Waals surface area contributed by atoms with E-state index in [9.17, 15) is 24.3 Å². The summed E-state index contributed by atoms with van der Waals surface area (Å²) in [5.74, 6) is -0.860. The Morgan fingerprint density at radius 2 is 0.983 bits per heavy atom. The summed E-state index contributed by atoms with van der Waals surface area (Å²) in [6.07, 6.45) is 32.1. The fraction of sp³-hybridized carbons (Fsp3) is 0.958. The van der Waals surface area contributed by atoms with Crippen LogP contribution in [0.5, 0.6) is 0 Å². The molecule has 11 nitrogen and oxygen atoms in total. The summed E-state index contributed by atoms with van der Waals surface area (Å²) in [6.45, 7) is 11.8. The van der Waals surface area contributed by atoms with Crippen molar-refractivity contribution < 1.29 is 42.1 Å². The van der Waals surface area contributed by atoms with Crippen molar-refractivity contribution in [3.63, 3.8) is 0 Å². The van der Waals surface area contributed by atoms with E-state index in [1.165, 1.54) is 127 Å². The highest BCUT2D eigenvalue weighted by Gasteiger charge is 2.46. The molecule has 1 fully saturated rings. The second-order valence-electron chi connectivity index (χ2n) is 19.8.